The Morgan fingerprint density at radius 1 is 0.886 bits per heavy atom. The van der Waals surface area contributed by atoms with Gasteiger partial charge in [0.1, 0.15) is 6.04 Å². The molecule has 3 aromatic carbocycles. The molecule has 0 unspecified atom stereocenters. The van der Waals surface area contributed by atoms with Crippen LogP contribution in [0.25, 0.3) is 0 Å². The highest BCUT2D eigenvalue weighted by molar-refractivity contribution is 5.88. The van der Waals surface area contributed by atoms with Gasteiger partial charge in [0.2, 0.25) is 5.91 Å². The molecule has 1 N–H and O–H groups in total. The molecular formula is C29H34N2O4. The number of nitrogens with one attached hydrogen (secondary N) is 1. The number of amides is 2. The van der Waals surface area contributed by atoms with Crippen molar-refractivity contribution in [1.82, 2.24) is 10.2 Å². The minimum atomic E-state index is -0.700. The van der Waals surface area contributed by atoms with Crippen molar-refractivity contribution in [1.29, 1.82) is 0 Å². The molecule has 0 aromatic heterocycles. The molecule has 1 atom stereocenters. The molecule has 0 fully saturated rings. The third-order valence-corrected chi connectivity index (χ3v) is 5.56. The molecule has 0 aliphatic heterocycles. The molecule has 3 aromatic rings. The standard InChI is InChI=1S/C29H34N2O4/c1-21(2)30-29(33)25(18-23-12-6-5-7-13-23)31(19-24-14-10-11-22(3)17-24)28(32)20-35-27-16-9-8-15-26(27)34-4/h5-17,21,25H,18-20H2,1-4H3,(H,30,33)/t25-/m1/s1. The summed E-state index contributed by atoms with van der Waals surface area (Å²) in [4.78, 5) is 28.6. The van der Waals surface area contributed by atoms with Gasteiger partial charge in [0, 0.05) is 19.0 Å². The van der Waals surface area contributed by atoms with Gasteiger partial charge in [0.15, 0.2) is 18.1 Å². The van der Waals surface area contributed by atoms with E-state index < -0.39 is 6.04 Å². The maximum absolute atomic E-state index is 13.6. The lowest BCUT2D eigenvalue weighted by Gasteiger charge is -2.32. The van der Waals surface area contributed by atoms with Gasteiger partial charge in [-0.2, -0.15) is 0 Å². The fourth-order valence-electron chi connectivity index (χ4n) is 3.90. The Morgan fingerprint density at radius 2 is 1.54 bits per heavy atom. The summed E-state index contributed by atoms with van der Waals surface area (Å²) in [6.07, 6.45) is 0.394. The molecule has 6 nitrogen and oxygen atoms in total. The highest BCUT2D eigenvalue weighted by atomic mass is 16.5. The summed E-state index contributed by atoms with van der Waals surface area (Å²) in [6.45, 7) is 5.91. The number of carbonyl (C=O) groups is 2. The van der Waals surface area contributed by atoms with Gasteiger partial charge >= 0.3 is 0 Å². The number of aryl methyl sites for hydroxylation is 1. The summed E-state index contributed by atoms with van der Waals surface area (Å²) < 4.78 is 11.2. The first-order chi connectivity index (χ1) is 16.9. The monoisotopic (exact) mass is 474 g/mol. The van der Waals surface area contributed by atoms with E-state index in [1.807, 2.05) is 87.5 Å². The Kier molecular flexibility index (Phi) is 9.30. The van der Waals surface area contributed by atoms with Crippen LogP contribution in [-0.2, 0) is 22.6 Å². The van der Waals surface area contributed by atoms with Crippen molar-refractivity contribution in [3.8, 4) is 11.5 Å². The highest BCUT2D eigenvalue weighted by Gasteiger charge is 2.31. The molecule has 0 radical (unpaired) electrons. The molecule has 0 aliphatic rings. The normalized spacial score (nSPS) is 11.6. The van der Waals surface area contributed by atoms with Crippen LogP contribution in [0.5, 0.6) is 11.5 Å². The van der Waals surface area contributed by atoms with Crippen molar-refractivity contribution in [3.63, 3.8) is 0 Å². The molecule has 0 saturated carbocycles. The summed E-state index contributed by atoms with van der Waals surface area (Å²) in [5, 5.41) is 2.99. The van der Waals surface area contributed by atoms with Gasteiger partial charge in [-0.3, -0.25) is 9.59 Å². The zero-order valence-corrected chi connectivity index (χ0v) is 20.9. The lowest BCUT2D eigenvalue weighted by molar-refractivity contribution is -0.143. The van der Waals surface area contributed by atoms with E-state index in [1.54, 1.807) is 24.1 Å². The second kappa shape index (κ2) is 12.6. The average molecular weight is 475 g/mol. The van der Waals surface area contributed by atoms with E-state index in [9.17, 15) is 9.59 Å². The van der Waals surface area contributed by atoms with Gasteiger partial charge in [0.05, 0.1) is 7.11 Å². The number of hydrogen-bond donors (Lipinski definition) is 1. The van der Waals surface area contributed by atoms with E-state index >= 15 is 0 Å². The third kappa shape index (κ3) is 7.60. The zero-order valence-electron chi connectivity index (χ0n) is 20.9. The molecule has 0 bridgehead atoms. The quantitative estimate of drug-likeness (QED) is 0.443. The van der Waals surface area contributed by atoms with Crippen LogP contribution in [0.3, 0.4) is 0 Å². The molecular weight excluding hydrogens is 440 g/mol. The molecule has 0 saturated heterocycles. The summed E-state index contributed by atoms with van der Waals surface area (Å²) >= 11 is 0. The summed E-state index contributed by atoms with van der Waals surface area (Å²) in [6, 6.07) is 24.1. The molecule has 0 heterocycles. The first-order valence-electron chi connectivity index (χ1n) is 11.8. The Balaban J connectivity index is 1.92. The van der Waals surface area contributed by atoms with Crippen LogP contribution in [0.1, 0.15) is 30.5 Å². The molecule has 0 spiro atoms. The second-order valence-electron chi connectivity index (χ2n) is 8.82. The van der Waals surface area contributed by atoms with Crippen molar-refractivity contribution in [2.45, 2.75) is 45.8 Å². The molecule has 184 valence electrons. The van der Waals surface area contributed by atoms with Crippen LogP contribution >= 0.6 is 0 Å². The van der Waals surface area contributed by atoms with E-state index in [0.717, 1.165) is 16.7 Å². The lowest BCUT2D eigenvalue weighted by Crippen LogP contribution is -2.52. The van der Waals surface area contributed by atoms with Gasteiger partial charge in [-0.05, 0) is 44.0 Å². The van der Waals surface area contributed by atoms with Crippen molar-refractivity contribution in [2.24, 2.45) is 0 Å². The number of nitrogens with zero attached hydrogens (tertiary/aromatic N) is 1. The minimum Gasteiger partial charge on any atom is -0.493 e. The predicted octanol–water partition coefficient (Wildman–Crippen LogP) is 4.55. The molecule has 35 heavy (non-hydrogen) atoms. The first kappa shape index (κ1) is 25.8. The second-order valence-corrected chi connectivity index (χ2v) is 8.82. The number of para-hydroxylation sites is 2. The molecule has 0 aliphatic carbocycles. The van der Waals surface area contributed by atoms with Crippen LogP contribution in [0, 0.1) is 6.92 Å². The van der Waals surface area contributed by atoms with E-state index in [4.69, 9.17) is 9.47 Å². The fraction of sp³-hybridized carbons (Fsp3) is 0.310. The number of rotatable bonds is 11. The van der Waals surface area contributed by atoms with E-state index in [0.29, 0.717) is 24.5 Å². The number of benzene rings is 3. The van der Waals surface area contributed by atoms with Gasteiger partial charge < -0.3 is 19.7 Å². The predicted molar refractivity (Wildman–Crippen MR) is 137 cm³/mol. The smallest absolute Gasteiger partial charge is 0.261 e. The van der Waals surface area contributed by atoms with E-state index in [2.05, 4.69) is 5.32 Å². The maximum atomic E-state index is 13.6. The lowest BCUT2D eigenvalue weighted by atomic mass is 10.0. The highest BCUT2D eigenvalue weighted by Crippen LogP contribution is 2.26. The van der Waals surface area contributed by atoms with Crippen LogP contribution in [0.4, 0.5) is 0 Å². The number of methoxy groups -OCH3 is 1. The zero-order chi connectivity index (χ0) is 25.2. The minimum absolute atomic E-state index is 0.0541. The summed E-state index contributed by atoms with van der Waals surface area (Å²) in [5.41, 5.74) is 3.02. The summed E-state index contributed by atoms with van der Waals surface area (Å²) in [5.74, 6) is 0.549. The third-order valence-electron chi connectivity index (χ3n) is 5.56. The number of hydrogen-bond acceptors (Lipinski definition) is 4. The van der Waals surface area contributed by atoms with Crippen LogP contribution in [0.15, 0.2) is 78.9 Å². The topological polar surface area (TPSA) is 67.9 Å². The molecule has 6 heteroatoms. The Labute approximate surface area is 207 Å². The van der Waals surface area contributed by atoms with Crippen molar-refractivity contribution < 1.29 is 19.1 Å². The first-order valence-corrected chi connectivity index (χ1v) is 11.8. The maximum Gasteiger partial charge on any atom is 0.261 e. The van der Waals surface area contributed by atoms with Gasteiger partial charge in [-0.1, -0.05) is 72.3 Å². The Hall–Kier alpha value is -3.80. The van der Waals surface area contributed by atoms with Gasteiger partial charge in [-0.25, -0.2) is 0 Å². The summed E-state index contributed by atoms with van der Waals surface area (Å²) in [7, 11) is 1.56. The fourth-order valence-corrected chi connectivity index (χ4v) is 3.90. The Morgan fingerprint density at radius 3 is 2.20 bits per heavy atom. The van der Waals surface area contributed by atoms with E-state index in [-0.39, 0.29) is 24.5 Å². The van der Waals surface area contributed by atoms with Crippen LogP contribution in [0.2, 0.25) is 0 Å². The van der Waals surface area contributed by atoms with Crippen molar-refractivity contribution in [3.05, 3.63) is 95.6 Å². The number of ether oxygens (including phenoxy) is 2. The largest absolute Gasteiger partial charge is 0.493 e. The van der Waals surface area contributed by atoms with Crippen molar-refractivity contribution in [2.75, 3.05) is 13.7 Å². The van der Waals surface area contributed by atoms with Crippen LogP contribution < -0.4 is 14.8 Å². The van der Waals surface area contributed by atoms with E-state index in [1.165, 1.54) is 0 Å². The average Bonchev–Trinajstić information content (AvgIpc) is 2.85. The molecule has 3 rings (SSSR count). The number of carbonyl (C=O) groups excluding carboxylic acids is 2. The Bertz CT molecular complexity index is 1110. The molecule has 2 amide bonds. The van der Waals surface area contributed by atoms with Gasteiger partial charge in [-0.15, -0.1) is 0 Å². The van der Waals surface area contributed by atoms with Crippen molar-refractivity contribution >= 4 is 11.8 Å². The van der Waals surface area contributed by atoms with Crippen LogP contribution in [-0.4, -0.2) is 42.5 Å². The van der Waals surface area contributed by atoms with Gasteiger partial charge in [0.25, 0.3) is 5.91 Å². The SMILES string of the molecule is COc1ccccc1OCC(=O)N(Cc1cccc(C)c1)[C@H](Cc1ccccc1)C(=O)NC(C)C.